The second-order valence-electron chi connectivity index (χ2n) is 8.78. The lowest BCUT2D eigenvalue weighted by molar-refractivity contribution is -0.119. The van der Waals surface area contributed by atoms with E-state index in [0.29, 0.717) is 46.2 Å². The number of nitrogens with zero attached hydrogens (tertiary/aromatic N) is 1. The van der Waals surface area contributed by atoms with Gasteiger partial charge in [-0.3, -0.25) is 15.6 Å². The van der Waals surface area contributed by atoms with Crippen LogP contribution in [0.1, 0.15) is 28.3 Å². The van der Waals surface area contributed by atoms with E-state index in [1.165, 1.54) is 7.11 Å². The van der Waals surface area contributed by atoms with E-state index < -0.39 is 11.9 Å². The Kier molecular flexibility index (Phi) is 8.11. The lowest BCUT2D eigenvalue weighted by Crippen LogP contribution is -2.35. The van der Waals surface area contributed by atoms with Crippen LogP contribution in [0.2, 0.25) is 0 Å². The molecule has 4 aromatic carbocycles. The Labute approximate surface area is 226 Å². The number of methoxy groups -OCH3 is 1. The monoisotopic (exact) mass is 522 g/mol. The minimum absolute atomic E-state index is 0.0683. The van der Waals surface area contributed by atoms with Crippen LogP contribution in [-0.2, 0) is 11.4 Å². The van der Waals surface area contributed by atoms with Gasteiger partial charge in [-0.25, -0.2) is 0 Å². The van der Waals surface area contributed by atoms with Gasteiger partial charge in [0, 0.05) is 22.5 Å². The van der Waals surface area contributed by atoms with Crippen molar-refractivity contribution < 1.29 is 14.3 Å². The summed E-state index contributed by atoms with van der Waals surface area (Å²) in [4.78, 5) is 14.8. The van der Waals surface area contributed by atoms with Crippen LogP contribution >= 0.6 is 0 Å². The van der Waals surface area contributed by atoms with Crippen LogP contribution in [0.4, 0.5) is 11.4 Å². The van der Waals surface area contributed by atoms with E-state index >= 15 is 0 Å². The van der Waals surface area contributed by atoms with Crippen molar-refractivity contribution in [3.05, 3.63) is 119 Å². The molecule has 0 fully saturated rings. The summed E-state index contributed by atoms with van der Waals surface area (Å²) in [7, 11) is 1.53. The van der Waals surface area contributed by atoms with E-state index in [9.17, 15) is 4.79 Å². The van der Waals surface area contributed by atoms with Gasteiger partial charge in [0.25, 0.3) is 0 Å². The number of amides is 1. The standard InChI is InChI=1S/C30H30N6O3/c1-38-26-17-22(11-16-25(26)39-18-19-5-3-2-4-6-19)27(30(35)37)36(23-12-7-20(8-13-23)28(31)32)24-14-9-21(10-15-24)29(33)34/h2-17,27H,18H2,1H3,(H3,31,32)(H3,33,34)(H2,35,37). The van der Waals surface area contributed by atoms with Crippen molar-refractivity contribution in [2.75, 3.05) is 12.0 Å². The zero-order valence-electron chi connectivity index (χ0n) is 21.4. The number of ether oxygens (including phenoxy) is 2. The molecule has 4 aromatic rings. The third kappa shape index (κ3) is 6.16. The molecule has 0 aliphatic rings. The number of hydrogen-bond donors (Lipinski definition) is 5. The topological polar surface area (TPSA) is 165 Å². The number of hydrogen-bond acceptors (Lipinski definition) is 6. The molecule has 9 nitrogen and oxygen atoms in total. The highest BCUT2D eigenvalue weighted by molar-refractivity contribution is 5.96. The Morgan fingerprint density at radius 2 is 1.31 bits per heavy atom. The molecule has 0 bridgehead atoms. The van der Waals surface area contributed by atoms with Gasteiger partial charge >= 0.3 is 0 Å². The number of benzene rings is 4. The van der Waals surface area contributed by atoms with Crippen LogP contribution in [0.25, 0.3) is 0 Å². The van der Waals surface area contributed by atoms with Crippen molar-refractivity contribution in [1.29, 1.82) is 10.8 Å². The fourth-order valence-corrected chi connectivity index (χ4v) is 4.20. The number of nitrogens with one attached hydrogen (secondary N) is 2. The minimum atomic E-state index is -0.937. The third-order valence-corrected chi connectivity index (χ3v) is 6.18. The van der Waals surface area contributed by atoms with Crippen molar-refractivity contribution >= 4 is 29.0 Å². The molecule has 0 heterocycles. The highest BCUT2D eigenvalue weighted by Crippen LogP contribution is 2.38. The first-order chi connectivity index (χ1) is 18.8. The molecule has 198 valence electrons. The predicted octanol–water partition coefficient (Wildman–Crippen LogP) is 4.21. The van der Waals surface area contributed by atoms with Gasteiger partial charge in [-0.2, -0.15) is 0 Å². The van der Waals surface area contributed by atoms with E-state index in [-0.39, 0.29) is 11.7 Å². The first-order valence-corrected chi connectivity index (χ1v) is 12.1. The molecule has 0 aliphatic heterocycles. The fraction of sp³-hybridized carbons (Fsp3) is 0.100. The van der Waals surface area contributed by atoms with Gasteiger partial charge in [0.1, 0.15) is 24.3 Å². The van der Waals surface area contributed by atoms with E-state index in [0.717, 1.165) is 5.56 Å². The maximum Gasteiger partial charge on any atom is 0.245 e. The SMILES string of the molecule is COc1cc(C(C(N)=O)N(c2ccc(C(=N)N)cc2)c2ccc(C(=N)N)cc2)ccc1OCc1ccccc1. The van der Waals surface area contributed by atoms with Gasteiger partial charge in [0.2, 0.25) is 5.91 Å². The highest BCUT2D eigenvalue weighted by atomic mass is 16.5. The highest BCUT2D eigenvalue weighted by Gasteiger charge is 2.29. The van der Waals surface area contributed by atoms with Crippen molar-refractivity contribution in [3.63, 3.8) is 0 Å². The smallest absolute Gasteiger partial charge is 0.245 e. The molecule has 0 radical (unpaired) electrons. The predicted molar refractivity (Wildman–Crippen MR) is 153 cm³/mol. The number of nitrogens with two attached hydrogens (primary N) is 3. The number of carbonyl (C=O) groups excluding carboxylic acids is 1. The van der Waals surface area contributed by atoms with Crippen LogP contribution in [0, 0.1) is 10.8 Å². The quantitative estimate of drug-likeness (QED) is 0.146. The second-order valence-corrected chi connectivity index (χ2v) is 8.78. The van der Waals surface area contributed by atoms with Gasteiger partial charge < -0.3 is 31.6 Å². The van der Waals surface area contributed by atoms with Gasteiger partial charge in [-0.05, 0) is 71.8 Å². The normalized spacial score (nSPS) is 11.3. The van der Waals surface area contributed by atoms with Crippen molar-refractivity contribution in [2.45, 2.75) is 12.6 Å². The summed E-state index contributed by atoms with van der Waals surface area (Å²) in [5.74, 6) is 0.244. The fourth-order valence-electron chi connectivity index (χ4n) is 4.20. The maximum atomic E-state index is 13.0. The Morgan fingerprint density at radius 1 is 0.769 bits per heavy atom. The number of rotatable bonds is 11. The average Bonchev–Trinajstić information content (AvgIpc) is 2.95. The molecular formula is C30H30N6O3. The summed E-state index contributed by atoms with van der Waals surface area (Å²) in [5, 5.41) is 15.4. The average molecular weight is 523 g/mol. The molecule has 0 saturated heterocycles. The zero-order valence-corrected chi connectivity index (χ0v) is 21.4. The van der Waals surface area contributed by atoms with Gasteiger partial charge in [0.05, 0.1) is 7.11 Å². The molecule has 1 atom stereocenters. The Hall–Kier alpha value is -5.31. The lowest BCUT2D eigenvalue weighted by Gasteiger charge is -2.32. The number of primary amides is 1. The zero-order chi connectivity index (χ0) is 27.9. The Morgan fingerprint density at radius 3 is 1.77 bits per heavy atom. The van der Waals surface area contributed by atoms with Crippen LogP contribution in [0.15, 0.2) is 97.1 Å². The van der Waals surface area contributed by atoms with Crippen LogP contribution in [0.3, 0.4) is 0 Å². The summed E-state index contributed by atoms with van der Waals surface area (Å²) >= 11 is 0. The molecule has 39 heavy (non-hydrogen) atoms. The lowest BCUT2D eigenvalue weighted by atomic mass is 10.0. The van der Waals surface area contributed by atoms with Crippen molar-refractivity contribution in [2.24, 2.45) is 17.2 Å². The third-order valence-electron chi connectivity index (χ3n) is 6.18. The molecular weight excluding hydrogens is 492 g/mol. The minimum Gasteiger partial charge on any atom is -0.493 e. The van der Waals surface area contributed by atoms with Crippen LogP contribution in [-0.4, -0.2) is 24.7 Å². The first kappa shape index (κ1) is 26.7. The summed E-state index contributed by atoms with van der Waals surface area (Å²) in [5.41, 5.74) is 21.2. The Balaban J connectivity index is 1.76. The number of carbonyl (C=O) groups is 1. The molecule has 1 amide bonds. The number of anilines is 2. The van der Waals surface area contributed by atoms with Crippen molar-refractivity contribution in [1.82, 2.24) is 0 Å². The molecule has 1 unspecified atom stereocenters. The maximum absolute atomic E-state index is 13.0. The second kappa shape index (κ2) is 11.8. The number of amidine groups is 2. The first-order valence-electron chi connectivity index (χ1n) is 12.1. The molecule has 8 N–H and O–H groups in total. The van der Waals surface area contributed by atoms with E-state index in [1.807, 2.05) is 30.3 Å². The summed E-state index contributed by atoms with van der Waals surface area (Å²) in [6, 6.07) is 28.0. The molecule has 9 heteroatoms. The number of nitrogen functional groups attached to an aromatic ring is 2. The van der Waals surface area contributed by atoms with Gasteiger partial charge in [-0.1, -0.05) is 36.4 Å². The van der Waals surface area contributed by atoms with Crippen LogP contribution in [0.5, 0.6) is 11.5 Å². The van der Waals surface area contributed by atoms with Gasteiger partial charge in [-0.15, -0.1) is 0 Å². The van der Waals surface area contributed by atoms with E-state index in [2.05, 4.69) is 0 Å². The van der Waals surface area contributed by atoms with Gasteiger partial charge in [0.15, 0.2) is 11.5 Å². The van der Waals surface area contributed by atoms with Crippen LogP contribution < -0.4 is 31.6 Å². The summed E-state index contributed by atoms with van der Waals surface area (Å²) in [6.45, 7) is 0.354. The molecule has 0 aromatic heterocycles. The largest absolute Gasteiger partial charge is 0.493 e. The molecule has 0 aliphatic carbocycles. The molecule has 4 rings (SSSR count). The molecule has 0 saturated carbocycles. The van der Waals surface area contributed by atoms with Crippen molar-refractivity contribution in [3.8, 4) is 11.5 Å². The Bertz CT molecular complexity index is 1410. The van der Waals surface area contributed by atoms with E-state index in [1.54, 1.807) is 71.6 Å². The molecule has 0 spiro atoms. The summed E-state index contributed by atoms with van der Waals surface area (Å²) in [6.07, 6.45) is 0. The summed E-state index contributed by atoms with van der Waals surface area (Å²) < 4.78 is 11.6. The van der Waals surface area contributed by atoms with E-state index in [4.69, 9.17) is 37.5 Å².